The normalized spacial score (nSPS) is 14.8. The highest BCUT2D eigenvalue weighted by Crippen LogP contribution is 2.37. The smallest absolute Gasteiger partial charge is 0.338 e. The van der Waals surface area contributed by atoms with Crippen molar-refractivity contribution in [3.05, 3.63) is 120 Å². The first-order chi connectivity index (χ1) is 21.0. The highest BCUT2D eigenvalue weighted by atomic mass is 127. The molecule has 3 aromatic carbocycles. The van der Waals surface area contributed by atoms with Crippen LogP contribution in [0.15, 0.2) is 80.1 Å². The first-order valence-corrected chi connectivity index (χ1v) is 17.2. The van der Waals surface area contributed by atoms with E-state index in [0.29, 0.717) is 43.2 Å². The summed E-state index contributed by atoms with van der Waals surface area (Å²) in [5, 5.41) is 0. The minimum absolute atomic E-state index is 0.0224. The van der Waals surface area contributed by atoms with Gasteiger partial charge < -0.3 is 14.2 Å². The van der Waals surface area contributed by atoms with Crippen molar-refractivity contribution >= 4 is 84.5 Å². The summed E-state index contributed by atoms with van der Waals surface area (Å²) in [7, 11) is 1.54. The summed E-state index contributed by atoms with van der Waals surface area (Å²) in [5.41, 5.74) is 2.07. The number of aromatic nitrogens is 1. The Kier molecular flexibility index (Phi) is 10.3. The number of benzene rings is 3. The molecule has 0 aliphatic carbocycles. The Morgan fingerprint density at radius 3 is 2.64 bits per heavy atom. The van der Waals surface area contributed by atoms with Gasteiger partial charge in [-0.25, -0.2) is 14.2 Å². The van der Waals surface area contributed by atoms with Gasteiger partial charge in [0, 0.05) is 24.7 Å². The van der Waals surface area contributed by atoms with Crippen LogP contribution in [0.2, 0.25) is 0 Å². The number of ether oxygens (including phenoxy) is 3. The Bertz CT molecular complexity index is 1990. The van der Waals surface area contributed by atoms with E-state index in [1.807, 2.05) is 24.3 Å². The molecule has 7 nitrogen and oxygen atoms in total. The molecule has 0 spiro atoms. The van der Waals surface area contributed by atoms with Gasteiger partial charge in [0.1, 0.15) is 30.0 Å². The highest BCUT2D eigenvalue weighted by molar-refractivity contribution is 14.1. The van der Waals surface area contributed by atoms with E-state index in [4.69, 9.17) is 14.2 Å². The maximum Gasteiger partial charge on any atom is 0.338 e. The van der Waals surface area contributed by atoms with Crippen molar-refractivity contribution in [2.24, 2.45) is 4.99 Å². The fraction of sp³-hybridized carbons (Fsp3) is 0.219. The third-order valence-corrected chi connectivity index (χ3v) is 9.62. The Hall–Kier alpha value is -2.56. The molecule has 1 aromatic heterocycles. The molecule has 44 heavy (non-hydrogen) atoms. The minimum Gasteiger partial charge on any atom is -0.496 e. The molecule has 0 saturated carbocycles. The van der Waals surface area contributed by atoms with Gasteiger partial charge in [-0.15, -0.1) is 0 Å². The van der Waals surface area contributed by atoms with Crippen molar-refractivity contribution in [2.75, 3.05) is 7.11 Å². The molecule has 2 heterocycles. The lowest BCUT2D eigenvalue weighted by Gasteiger charge is -2.26. The molecule has 4 aromatic rings. The molecule has 1 aliphatic rings. The average Bonchev–Trinajstić information content (AvgIpc) is 3.26. The Morgan fingerprint density at radius 1 is 1.18 bits per heavy atom. The van der Waals surface area contributed by atoms with Crippen molar-refractivity contribution in [3.8, 4) is 11.5 Å². The number of allylic oxidation sites excluding steroid dienone is 1. The van der Waals surface area contributed by atoms with Crippen LogP contribution in [0.4, 0.5) is 4.39 Å². The zero-order chi connectivity index (χ0) is 31.7. The van der Waals surface area contributed by atoms with Gasteiger partial charge in [-0.2, -0.15) is 0 Å². The van der Waals surface area contributed by atoms with E-state index in [2.05, 4.69) is 66.1 Å². The molecule has 5 rings (SSSR count). The molecular formula is C32H26BrFI2N2O5S. The van der Waals surface area contributed by atoms with Crippen LogP contribution >= 0.6 is 72.4 Å². The molecule has 0 fully saturated rings. The summed E-state index contributed by atoms with van der Waals surface area (Å²) in [5.74, 6) is 0.127. The summed E-state index contributed by atoms with van der Waals surface area (Å²) < 4.78 is 36.2. The molecule has 228 valence electrons. The lowest BCUT2D eigenvalue weighted by atomic mass is 9.95. The molecule has 1 atom stereocenters. The monoisotopic (exact) mass is 902 g/mol. The number of hydrogen-bond donors (Lipinski definition) is 0. The van der Waals surface area contributed by atoms with Crippen LogP contribution in [-0.2, 0) is 16.1 Å². The summed E-state index contributed by atoms with van der Waals surface area (Å²) in [4.78, 5) is 32.8. The van der Waals surface area contributed by atoms with E-state index in [-0.39, 0.29) is 29.7 Å². The van der Waals surface area contributed by atoms with Crippen molar-refractivity contribution in [3.63, 3.8) is 0 Å². The van der Waals surface area contributed by atoms with Gasteiger partial charge in [0.05, 0.1) is 32.6 Å². The van der Waals surface area contributed by atoms with Crippen LogP contribution in [0.1, 0.15) is 43.5 Å². The summed E-state index contributed by atoms with van der Waals surface area (Å²) in [6.45, 7) is 5.30. The minimum atomic E-state index is -0.847. The number of hydrogen-bond acceptors (Lipinski definition) is 7. The Labute approximate surface area is 292 Å². The zero-order valence-electron chi connectivity index (χ0n) is 24.0. The van der Waals surface area contributed by atoms with Gasteiger partial charge in [0.15, 0.2) is 4.80 Å². The fourth-order valence-corrected chi connectivity index (χ4v) is 8.28. The van der Waals surface area contributed by atoms with Gasteiger partial charge in [-0.05, 0) is 108 Å². The third-order valence-electron chi connectivity index (χ3n) is 6.72. The van der Waals surface area contributed by atoms with Crippen LogP contribution in [0, 0.1) is 13.0 Å². The summed E-state index contributed by atoms with van der Waals surface area (Å²) >= 11 is 9.13. The number of fused-ring (bicyclic) bond motifs is 1. The molecule has 0 bridgehead atoms. The summed E-state index contributed by atoms with van der Waals surface area (Å²) in [6, 6.07) is 14.9. The van der Waals surface area contributed by atoms with Crippen LogP contribution in [0.25, 0.3) is 6.08 Å². The predicted octanol–water partition coefficient (Wildman–Crippen LogP) is 6.89. The van der Waals surface area contributed by atoms with Crippen molar-refractivity contribution in [1.82, 2.24) is 4.57 Å². The number of halogens is 4. The zero-order valence-corrected chi connectivity index (χ0v) is 30.7. The SMILES string of the molecule is COc1ccc(Br)cc1[C@@H]1C(C(=O)OC(C)C)=C(C)N=c2s/c(=C\c3cc(I)cc(I)c3OCc3ccccc3F)c(=O)n21. The van der Waals surface area contributed by atoms with E-state index in [0.717, 1.165) is 11.6 Å². The fourth-order valence-electron chi connectivity index (χ4n) is 4.82. The maximum atomic E-state index is 14.3. The maximum absolute atomic E-state index is 14.3. The first kappa shape index (κ1) is 32.8. The van der Waals surface area contributed by atoms with Crippen LogP contribution in [0.3, 0.4) is 0 Å². The molecule has 1 aliphatic heterocycles. The van der Waals surface area contributed by atoms with Crippen molar-refractivity contribution in [1.29, 1.82) is 0 Å². The van der Waals surface area contributed by atoms with Gasteiger partial charge in [0.2, 0.25) is 0 Å². The number of methoxy groups -OCH3 is 1. The quantitative estimate of drug-likeness (QED) is 0.142. The summed E-state index contributed by atoms with van der Waals surface area (Å²) in [6.07, 6.45) is 1.38. The second-order valence-electron chi connectivity index (χ2n) is 10.1. The molecule has 0 unspecified atom stereocenters. The standard InChI is InChI=1S/C32H26BrFI2N2O5S/c1-16(2)43-31(40)27-17(3)37-32-38(28(27)22-13-20(33)9-10-25(22)41-4)30(39)26(44-32)12-19-11-21(35)14-24(36)29(19)42-15-18-7-5-6-8-23(18)34/h5-14,16,28H,15H2,1-4H3/b26-12-/t28-/m1/s1. The number of carbonyl (C=O) groups is 1. The first-order valence-electron chi connectivity index (χ1n) is 13.4. The Balaban J connectivity index is 1.69. The molecule has 12 heteroatoms. The molecule has 0 saturated heterocycles. The van der Waals surface area contributed by atoms with Gasteiger partial charge in [0.25, 0.3) is 5.56 Å². The molecule has 0 radical (unpaired) electrons. The van der Waals surface area contributed by atoms with E-state index >= 15 is 0 Å². The largest absolute Gasteiger partial charge is 0.496 e. The topological polar surface area (TPSA) is 79.1 Å². The van der Waals surface area contributed by atoms with E-state index in [1.54, 1.807) is 58.2 Å². The van der Waals surface area contributed by atoms with Gasteiger partial charge >= 0.3 is 5.97 Å². The van der Waals surface area contributed by atoms with E-state index in [9.17, 15) is 14.0 Å². The Morgan fingerprint density at radius 2 is 1.93 bits per heavy atom. The van der Waals surface area contributed by atoms with Gasteiger partial charge in [-0.3, -0.25) is 9.36 Å². The number of nitrogens with zero attached hydrogens (tertiary/aromatic N) is 2. The average molecular weight is 903 g/mol. The number of rotatable bonds is 8. The van der Waals surface area contributed by atoms with Gasteiger partial charge in [-0.1, -0.05) is 45.5 Å². The second-order valence-corrected chi connectivity index (χ2v) is 14.4. The van der Waals surface area contributed by atoms with Crippen molar-refractivity contribution < 1.29 is 23.4 Å². The number of esters is 1. The van der Waals surface area contributed by atoms with Crippen LogP contribution in [0.5, 0.6) is 11.5 Å². The molecule has 0 N–H and O–H groups in total. The predicted molar refractivity (Wildman–Crippen MR) is 188 cm³/mol. The van der Waals surface area contributed by atoms with Crippen LogP contribution < -0.4 is 24.4 Å². The highest BCUT2D eigenvalue weighted by Gasteiger charge is 2.35. The van der Waals surface area contributed by atoms with E-state index in [1.165, 1.54) is 22.0 Å². The van der Waals surface area contributed by atoms with E-state index < -0.39 is 12.0 Å². The lowest BCUT2D eigenvalue weighted by molar-refractivity contribution is -0.143. The third kappa shape index (κ3) is 6.82. The molecular weight excluding hydrogens is 877 g/mol. The lowest BCUT2D eigenvalue weighted by Crippen LogP contribution is -2.40. The van der Waals surface area contributed by atoms with Crippen molar-refractivity contribution in [2.45, 2.75) is 39.5 Å². The number of thiazole rings is 1. The van der Waals surface area contributed by atoms with Crippen LogP contribution in [-0.4, -0.2) is 23.8 Å². The molecule has 0 amide bonds. The number of carbonyl (C=O) groups excluding carboxylic acids is 1. The second kappa shape index (κ2) is 13.8.